The predicted molar refractivity (Wildman–Crippen MR) is 62.9 cm³/mol. The molecule has 0 saturated carbocycles. The van der Waals surface area contributed by atoms with Crippen LogP contribution in [0, 0.1) is 5.82 Å². The fourth-order valence-corrected chi connectivity index (χ4v) is 1.73. The summed E-state index contributed by atoms with van der Waals surface area (Å²) in [6.45, 7) is 0. The molecule has 1 aromatic carbocycles. The van der Waals surface area contributed by atoms with Crippen molar-refractivity contribution in [1.82, 2.24) is 10.2 Å². The first-order valence-corrected chi connectivity index (χ1v) is 5.73. The molecule has 0 radical (unpaired) electrons. The van der Waals surface area contributed by atoms with Crippen LogP contribution in [0.15, 0.2) is 35.1 Å². The lowest BCUT2D eigenvalue weighted by atomic mass is 10.1. The number of benzene rings is 1. The van der Waals surface area contributed by atoms with Crippen molar-refractivity contribution < 1.29 is 4.39 Å². The molecule has 1 aromatic heterocycles. The third kappa shape index (κ3) is 2.19. The van der Waals surface area contributed by atoms with Crippen LogP contribution < -0.4 is 5.56 Å². The number of rotatable bonds is 2. The molecular weight excluding hydrogens is 275 g/mol. The van der Waals surface area contributed by atoms with Crippen molar-refractivity contribution in [2.45, 2.75) is 5.33 Å². The maximum Gasteiger partial charge on any atom is 0.268 e. The number of nitrogens with one attached hydrogen (secondary N) is 1. The van der Waals surface area contributed by atoms with Crippen molar-refractivity contribution in [3.8, 4) is 11.3 Å². The summed E-state index contributed by atoms with van der Waals surface area (Å²) in [5.74, 6) is -0.297. The Labute approximate surface area is 99.5 Å². The monoisotopic (exact) mass is 282 g/mol. The lowest BCUT2D eigenvalue weighted by Crippen LogP contribution is -2.13. The number of halogens is 2. The van der Waals surface area contributed by atoms with E-state index in [9.17, 15) is 9.18 Å². The molecule has 0 amide bonds. The van der Waals surface area contributed by atoms with Gasteiger partial charge in [0, 0.05) is 16.5 Å². The molecule has 1 heterocycles. The number of H-pyrrole nitrogens is 1. The minimum absolute atomic E-state index is 0.220. The summed E-state index contributed by atoms with van der Waals surface area (Å²) >= 11 is 3.22. The van der Waals surface area contributed by atoms with Crippen LogP contribution in [0.1, 0.15) is 5.56 Å². The van der Waals surface area contributed by atoms with Crippen LogP contribution >= 0.6 is 15.9 Å². The zero-order chi connectivity index (χ0) is 11.5. The summed E-state index contributed by atoms with van der Waals surface area (Å²) < 4.78 is 12.7. The van der Waals surface area contributed by atoms with Crippen LogP contribution in [0.3, 0.4) is 0 Å². The van der Waals surface area contributed by atoms with Gasteiger partial charge in [-0.15, -0.1) is 0 Å². The highest BCUT2D eigenvalue weighted by atomic mass is 79.9. The van der Waals surface area contributed by atoms with Gasteiger partial charge in [0.05, 0.1) is 5.69 Å². The molecule has 0 unspecified atom stereocenters. The Hall–Kier alpha value is -1.49. The Morgan fingerprint density at radius 1 is 1.31 bits per heavy atom. The van der Waals surface area contributed by atoms with Crippen molar-refractivity contribution in [2.24, 2.45) is 0 Å². The highest BCUT2D eigenvalue weighted by molar-refractivity contribution is 9.08. The molecule has 3 nitrogen and oxygen atoms in total. The van der Waals surface area contributed by atoms with Gasteiger partial charge in [0.25, 0.3) is 5.56 Å². The standard InChI is InChI=1S/C11H8BrFN2O/c12-6-8-5-10(14-15-11(8)16)7-1-3-9(13)4-2-7/h1-5H,6H2,(H,15,16). The smallest absolute Gasteiger partial charge is 0.268 e. The highest BCUT2D eigenvalue weighted by Crippen LogP contribution is 2.16. The first-order valence-electron chi connectivity index (χ1n) is 4.61. The molecule has 0 atom stereocenters. The number of alkyl halides is 1. The minimum Gasteiger partial charge on any atom is -0.268 e. The Balaban J connectivity index is 2.48. The second kappa shape index (κ2) is 4.57. The molecule has 0 aliphatic heterocycles. The predicted octanol–water partition coefficient (Wildman–Crippen LogP) is 2.47. The lowest BCUT2D eigenvalue weighted by molar-refractivity contribution is 0.628. The summed E-state index contributed by atoms with van der Waals surface area (Å²) in [4.78, 5) is 11.3. The number of nitrogens with zero attached hydrogens (tertiary/aromatic N) is 1. The van der Waals surface area contributed by atoms with Crippen molar-refractivity contribution in [3.63, 3.8) is 0 Å². The van der Waals surface area contributed by atoms with E-state index in [1.54, 1.807) is 18.2 Å². The molecule has 5 heteroatoms. The number of aromatic amines is 1. The Bertz CT molecular complexity index is 551. The number of aromatic nitrogens is 2. The van der Waals surface area contributed by atoms with Crippen molar-refractivity contribution in [3.05, 3.63) is 52.1 Å². The molecule has 0 spiro atoms. The molecule has 16 heavy (non-hydrogen) atoms. The average Bonchev–Trinajstić information content (AvgIpc) is 2.31. The summed E-state index contributed by atoms with van der Waals surface area (Å²) in [5, 5.41) is 6.77. The van der Waals surface area contributed by atoms with Crippen LogP contribution in [-0.4, -0.2) is 10.2 Å². The van der Waals surface area contributed by atoms with E-state index in [2.05, 4.69) is 26.1 Å². The first kappa shape index (κ1) is 11.0. The van der Waals surface area contributed by atoms with Gasteiger partial charge in [-0.3, -0.25) is 4.79 Å². The number of hydrogen-bond acceptors (Lipinski definition) is 2. The van der Waals surface area contributed by atoms with E-state index in [1.165, 1.54) is 12.1 Å². The third-order valence-corrected chi connectivity index (χ3v) is 2.77. The quantitative estimate of drug-likeness (QED) is 0.860. The summed E-state index contributed by atoms with van der Waals surface area (Å²) in [5.41, 5.74) is 1.76. The van der Waals surface area contributed by atoms with E-state index in [1.807, 2.05) is 0 Å². The molecule has 0 fully saturated rings. The molecule has 0 aliphatic rings. The van der Waals surface area contributed by atoms with Gasteiger partial charge in [0.2, 0.25) is 0 Å². The van der Waals surface area contributed by atoms with Gasteiger partial charge in [-0.2, -0.15) is 5.10 Å². The SMILES string of the molecule is O=c1[nH]nc(-c2ccc(F)cc2)cc1CBr. The van der Waals surface area contributed by atoms with Gasteiger partial charge in [0.1, 0.15) is 5.82 Å². The van der Waals surface area contributed by atoms with E-state index in [0.29, 0.717) is 16.6 Å². The van der Waals surface area contributed by atoms with Crippen molar-refractivity contribution in [1.29, 1.82) is 0 Å². The van der Waals surface area contributed by atoms with E-state index in [4.69, 9.17) is 0 Å². The molecule has 2 aromatic rings. The lowest BCUT2D eigenvalue weighted by Gasteiger charge is -2.01. The molecule has 82 valence electrons. The summed E-state index contributed by atoms with van der Waals surface area (Å²) in [6.07, 6.45) is 0. The molecule has 0 saturated heterocycles. The largest absolute Gasteiger partial charge is 0.268 e. The maximum atomic E-state index is 12.7. The van der Waals surface area contributed by atoms with Gasteiger partial charge in [-0.1, -0.05) is 15.9 Å². The van der Waals surface area contributed by atoms with E-state index in [0.717, 1.165) is 5.56 Å². The van der Waals surface area contributed by atoms with Crippen LogP contribution in [-0.2, 0) is 5.33 Å². The van der Waals surface area contributed by atoms with Gasteiger partial charge in [-0.25, -0.2) is 9.49 Å². The van der Waals surface area contributed by atoms with Gasteiger partial charge < -0.3 is 0 Å². The van der Waals surface area contributed by atoms with E-state index >= 15 is 0 Å². The molecule has 2 rings (SSSR count). The van der Waals surface area contributed by atoms with Crippen molar-refractivity contribution in [2.75, 3.05) is 0 Å². The zero-order valence-corrected chi connectivity index (χ0v) is 9.79. The molecule has 0 bridgehead atoms. The van der Waals surface area contributed by atoms with Crippen LogP contribution in [0.2, 0.25) is 0 Å². The Morgan fingerprint density at radius 3 is 2.62 bits per heavy atom. The highest BCUT2D eigenvalue weighted by Gasteiger charge is 2.04. The normalized spacial score (nSPS) is 10.4. The molecule has 1 N–H and O–H groups in total. The van der Waals surface area contributed by atoms with E-state index < -0.39 is 0 Å². The fourth-order valence-electron chi connectivity index (χ4n) is 1.31. The minimum atomic E-state index is -0.297. The second-order valence-electron chi connectivity index (χ2n) is 3.25. The zero-order valence-electron chi connectivity index (χ0n) is 8.21. The van der Waals surface area contributed by atoms with Crippen LogP contribution in [0.25, 0.3) is 11.3 Å². The Kier molecular flexibility index (Phi) is 3.14. The van der Waals surface area contributed by atoms with Gasteiger partial charge in [-0.05, 0) is 30.3 Å². The second-order valence-corrected chi connectivity index (χ2v) is 3.81. The first-order chi connectivity index (χ1) is 7.70. The topological polar surface area (TPSA) is 45.8 Å². The van der Waals surface area contributed by atoms with E-state index in [-0.39, 0.29) is 11.4 Å². The van der Waals surface area contributed by atoms with Crippen LogP contribution in [0.5, 0.6) is 0 Å². The third-order valence-electron chi connectivity index (χ3n) is 2.16. The number of hydrogen-bond donors (Lipinski definition) is 1. The average molecular weight is 283 g/mol. The Morgan fingerprint density at radius 2 is 2.00 bits per heavy atom. The van der Waals surface area contributed by atoms with Gasteiger partial charge >= 0.3 is 0 Å². The molecular formula is C11H8BrFN2O. The maximum absolute atomic E-state index is 12.7. The van der Waals surface area contributed by atoms with Crippen LogP contribution in [0.4, 0.5) is 4.39 Å². The summed E-state index contributed by atoms with van der Waals surface area (Å²) in [6, 6.07) is 7.63. The molecule has 0 aliphatic carbocycles. The fraction of sp³-hybridized carbons (Fsp3) is 0.0909. The van der Waals surface area contributed by atoms with Crippen molar-refractivity contribution >= 4 is 15.9 Å². The summed E-state index contributed by atoms with van der Waals surface area (Å²) in [7, 11) is 0. The van der Waals surface area contributed by atoms with Gasteiger partial charge in [0.15, 0.2) is 0 Å².